The molecule has 8 rings (SSSR count). The molecule has 0 radical (unpaired) electrons. The van der Waals surface area contributed by atoms with Gasteiger partial charge >= 0.3 is 0 Å². The van der Waals surface area contributed by atoms with Crippen molar-refractivity contribution in [2.75, 3.05) is 19.8 Å². The number of phenols is 2. The Morgan fingerprint density at radius 2 is 1.84 bits per heavy atom. The SMILES string of the molecule is Cc1cc(=O)c2cc3c(c([NH+]4C=C5N=CC=C5C4)c2o1)O[C@](C)(C1CCCC1)[C@H](OOC[C@@](O)(Cc1ccc(O)c2ccc(O)cc12)[C@@H](O)[C@H](O)[C@H](O)CO)C3. The van der Waals surface area contributed by atoms with Gasteiger partial charge in [-0.25, -0.2) is 9.78 Å². The number of nitrogens with zero attached hydrogens (tertiary/aromatic N) is 1. The summed E-state index contributed by atoms with van der Waals surface area (Å²) in [5, 5.41) is 76.0. The molecular weight excluding hydrogens is 724 g/mol. The first-order chi connectivity index (χ1) is 26.8. The van der Waals surface area contributed by atoms with Gasteiger partial charge in [-0.05, 0) is 74.0 Å². The van der Waals surface area contributed by atoms with Crippen LogP contribution in [0, 0.1) is 12.8 Å². The zero-order valence-electron chi connectivity index (χ0n) is 31.1. The molecule has 1 aliphatic carbocycles. The highest BCUT2D eigenvalue weighted by Gasteiger charge is 2.52. The van der Waals surface area contributed by atoms with Crippen LogP contribution in [-0.2, 0) is 22.6 Å². The number of rotatable bonds is 12. The van der Waals surface area contributed by atoms with Gasteiger partial charge in [0.05, 0.1) is 12.0 Å². The standard InChI is InChI=1S/C42H46N2O12/c1-22-13-33(48)30-14-25-15-35(41(2,26-5-3-4-6-26)55-38(25)36(39(30)54-22)44-18-24-11-12-43-31(24)19-44)56-53-21-42(52,40(51)37(50)34(49)20-45)17-23-7-10-32(47)28-9-8-27(46)16-29(23)28/h7-14,16,19,26,34-35,37,40,45-47,49-52H,3-6,15,17-18,20-21H2,1-2H3/p+1/t34-,35-,37-,40+,41-,42+/m1/s1. The number of aromatic hydroxyl groups is 2. The number of allylic oxidation sites excluding steroid dienone is 1. The Morgan fingerprint density at radius 3 is 2.59 bits per heavy atom. The Balaban J connectivity index is 1.15. The van der Waals surface area contributed by atoms with Crippen molar-refractivity contribution in [1.29, 1.82) is 0 Å². The van der Waals surface area contributed by atoms with Gasteiger partial charge in [0.15, 0.2) is 11.2 Å². The molecule has 1 saturated carbocycles. The number of ether oxygens (including phenoxy) is 1. The molecule has 14 heteroatoms. The monoisotopic (exact) mass is 771 g/mol. The molecule has 3 aromatic carbocycles. The molecule has 0 spiro atoms. The van der Waals surface area contributed by atoms with Crippen molar-refractivity contribution in [2.45, 2.75) is 88.0 Å². The number of hydrogen-bond acceptors (Lipinski definition) is 13. The first-order valence-corrected chi connectivity index (χ1v) is 19.0. The summed E-state index contributed by atoms with van der Waals surface area (Å²) < 4.78 is 13.4. The third-order valence-corrected chi connectivity index (χ3v) is 12.0. The molecule has 0 saturated heterocycles. The number of aliphatic hydroxyl groups is 5. The summed E-state index contributed by atoms with van der Waals surface area (Å²) in [7, 11) is 0. The highest BCUT2D eigenvalue weighted by molar-refractivity contribution is 5.92. The van der Waals surface area contributed by atoms with Gasteiger partial charge in [0.25, 0.3) is 0 Å². The van der Waals surface area contributed by atoms with Crippen LogP contribution in [0.15, 0.2) is 80.2 Å². The summed E-state index contributed by atoms with van der Waals surface area (Å²) >= 11 is 0. The summed E-state index contributed by atoms with van der Waals surface area (Å²) in [6.07, 6.45) is 2.67. The van der Waals surface area contributed by atoms with Gasteiger partial charge in [-0.3, -0.25) is 14.7 Å². The zero-order valence-corrected chi connectivity index (χ0v) is 31.1. The van der Waals surface area contributed by atoms with Gasteiger partial charge in [-0.15, -0.1) is 0 Å². The number of quaternary nitrogens is 1. The molecule has 4 aromatic rings. The van der Waals surface area contributed by atoms with E-state index in [1.54, 1.807) is 19.2 Å². The lowest BCUT2D eigenvalue weighted by atomic mass is 9.78. The molecule has 3 aliphatic heterocycles. The number of benzene rings is 3. The minimum absolute atomic E-state index is 0.0398. The van der Waals surface area contributed by atoms with Crippen LogP contribution < -0.4 is 15.1 Å². The lowest BCUT2D eigenvalue weighted by Crippen LogP contribution is -3.01. The Bertz CT molecular complexity index is 2330. The molecule has 1 fully saturated rings. The largest absolute Gasteiger partial charge is 0.508 e. The quantitative estimate of drug-likeness (QED) is 0.0770. The third kappa shape index (κ3) is 6.69. The third-order valence-electron chi connectivity index (χ3n) is 12.0. The van der Waals surface area contributed by atoms with Crippen LogP contribution in [0.3, 0.4) is 0 Å². The second-order valence-corrected chi connectivity index (χ2v) is 15.8. The van der Waals surface area contributed by atoms with Crippen LogP contribution in [-0.4, -0.2) is 97.3 Å². The predicted molar refractivity (Wildman–Crippen MR) is 204 cm³/mol. The molecular formula is C42H47N2O12+. The number of fused-ring (bicyclic) bond motifs is 4. The van der Waals surface area contributed by atoms with Crippen molar-refractivity contribution < 1.29 is 59.6 Å². The lowest BCUT2D eigenvalue weighted by molar-refractivity contribution is -0.763. The first kappa shape index (κ1) is 38.2. The number of aliphatic imine (C=N–C) groups is 1. The van der Waals surface area contributed by atoms with E-state index < -0.39 is 55.3 Å². The van der Waals surface area contributed by atoms with Crippen molar-refractivity contribution in [3.8, 4) is 17.2 Å². The number of aliphatic hydroxyl groups excluding tert-OH is 4. The first-order valence-electron chi connectivity index (χ1n) is 19.0. The summed E-state index contributed by atoms with van der Waals surface area (Å²) in [4.78, 5) is 31.0. The van der Waals surface area contributed by atoms with Gasteiger partial charge in [0.1, 0.15) is 77.9 Å². The fourth-order valence-corrected chi connectivity index (χ4v) is 8.87. The van der Waals surface area contributed by atoms with Gasteiger partial charge in [-0.1, -0.05) is 18.9 Å². The van der Waals surface area contributed by atoms with E-state index in [9.17, 15) is 40.5 Å². The smallest absolute Gasteiger partial charge is 0.222 e. The Labute approximate surface area is 321 Å². The normalized spacial score (nSPS) is 24.7. The van der Waals surface area contributed by atoms with Gasteiger partial charge in [0, 0.05) is 47.6 Å². The molecule has 4 heterocycles. The van der Waals surface area contributed by atoms with Gasteiger partial charge in [0.2, 0.25) is 11.3 Å². The molecule has 8 N–H and O–H groups in total. The van der Waals surface area contributed by atoms with E-state index in [1.807, 2.05) is 19.2 Å². The summed E-state index contributed by atoms with van der Waals surface area (Å²) in [6.45, 7) is 2.68. The highest BCUT2D eigenvalue weighted by Crippen LogP contribution is 2.49. The van der Waals surface area contributed by atoms with E-state index in [0.717, 1.165) is 41.9 Å². The fourth-order valence-electron chi connectivity index (χ4n) is 8.87. The van der Waals surface area contributed by atoms with E-state index >= 15 is 0 Å². The van der Waals surface area contributed by atoms with Gasteiger partial charge < -0.3 is 44.9 Å². The Hall–Kier alpha value is -4.64. The number of nitrogens with one attached hydrogen (secondary N) is 1. The Kier molecular flexibility index (Phi) is 10.0. The number of hydrogen-bond donors (Lipinski definition) is 8. The van der Waals surface area contributed by atoms with E-state index in [1.165, 1.54) is 36.4 Å². The van der Waals surface area contributed by atoms with E-state index in [2.05, 4.69) is 4.99 Å². The summed E-state index contributed by atoms with van der Waals surface area (Å²) in [5.41, 5.74) is 0.601. The maximum absolute atomic E-state index is 13.5. The summed E-state index contributed by atoms with van der Waals surface area (Å²) in [6, 6.07) is 10.4. The van der Waals surface area contributed by atoms with Crippen molar-refractivity contribution in [3.63, 3.8) is 0 Å². The second-order valence-electron chi connectivity index (χ2n) is 15.8. The number of phenolic OH excluding ortho intramolecular Hbond substituents is 2. The molecule has 296 valence electrons. The van der Waals surface area contributed by atoms with Crippen LogP contribution >= 0.6 is 0 Å². The summed E-state index contributed by atoms with van der Waals surface area (Å²) in [5.74, 6) is 0.921. The van der Waals surface area contributed by atoms with Crippen LogP contribution in [0.25, 0.3) is 21.7 Å². The molecule has 0 bridgehead atoms. The molecule has 1 unspecified atom stereocenters. The molecule has 7 atom stereocenters. The molecule has 1 aromatic heterocycles. The maximum atomic E-state index is 13.5. The van der Waals surface area contributed by atoms with Crippen LogP contribution in [0.4, 0.5) is 5.69 Å². The van der Waals surface area contributed by atoms with Gasteiger partial charge in [-0.2, -0.15) is 0 Å². The topological polar surface area (TPSA) is 216 Å². The average Bonchev–Trinajstić information content (AvgIpc) is 3.95. The van der Waals surface area contributed by atoms with Crippen LogP contribution in [0.2, 0.25) is 0 Å². The minimum atomic E-state index is -2.34. The number of aryl methyl sites for hydroxylation is 1. The zero-order chi connectivity index (χ0) is 39.5. The maximum Gasteiger partial charge on any atom is 0.222 e. The highest BCUT2D eigenvalue weighted by atomic mass is 17.2. The van der Waals surface area contributed by atoms with Crippen LogP contribution in [0.5, 0.6) is 17.2 Å². The van der Waals surface area contributed by atoms with Crippen molar-refractivity contribution in [2.24, 2.45) is 10.9 Å². The molecule has 56 heavy (non-hydrogen) atoms. The van der Waals surface area contributed by atoms with Crippen molar-refractivity contribution >= 4 is 33.6 Å². The minimum Gasteiger partial charge on any atom is -0.508 e. The fraction of sp³-hybridized carbons (Fsp3) is 0.429. The predicted octanol–water partition coefficient (Wildman–Crippen LogP) is 2.30. The van der Waals surface area contributed by atoms with E-state index in [-0.39, 0.29) is 29.3 Å². The molecule has 4 aliphatic rings. The molecule has 14 nitrogen and oxygen atoms in total. The Morgan fingerprint density at radius 1 is 1.05 bits per heavy atom. The van der Waals surface area contributed by atoms with Crippen molar-refractivity contribution in [3.05, 3.63) is 93.1 Å². The second kappa shape index (κ2) is 14.7. The lowest BCUT2D eigenvalue weighted by Gasteiger charge is -2.45. The van der Waals surface area contributed by atoms with Crippen LogP contribution in [0.1, 0.15) is 49.5 Å². The average molecular weight is 772 g/mol. The van der Waals surface area contributed by atoms with Crippen molar-refractivity contribution in [1.82, 2.24) is 0 Å². The molecule has 0 amide bonds. The van der Waals surface area contributed by atoms with E-state index in [0.29, 0.717) is 56.6 Å². The van der Waals surface area contributed by atoms with E-state index in [4.69, 9.17) is 18.9 Å².